The van der Waals surface area contributed by atoms with E-state index in [1.165, 1.54) is 12.5 Å². The van der Waals surface area contributed by atoms with Crippen molar-refractivity contribution in [3.05, 3.63) is 23.2 Å². The molecule has 13 heavy (non-hydrogen) atoms. The van der Waals surface area contributed by atoms with E-state index in [2.05, 4.69) is 9.97 Å². The number of rotatable bonds is 2. The Morgan fingerprint density at radius 2 is 2.31 bits per heavy atom. The average molecular weight is 199 g/mol. The maximum absolute atomic E-state index is 10.9. The molecule has 1 N–H and O–H groups in total. The van der Waals surface area contributed by atoms with Gasteiger partial charge in [-0.2, -0.15) is 0 Å². The van der Waals surface area contributed by atoms with E-state index in [0.29, 0.717) is 23.6 Å². The summed E-state index contributed by atoms with van der Waals surface area (Å²) in [5.74, 6) is -0.854. The van der Waals surface area contributed by atoms with Gasteiger partial charge < -0.3 is 5.11 Å². The van der Waals surface area contributed by atoms with E-state index in [0.717, 1.165) is 0 Å². The Hall–Kier alpha value is -1.16. The van der Waals surface area contributed by atoms with Crippen LogP contribution in [-0.4, -0.2) is 21.0 Å². The Balaban J connectivity index is 2.47. The summed E-state index contributed by atoms with van der Waals surface area (Å²) in [6.45, 7) is 0. The lowest BCUT2D eigenvalue weighted by molar-refractivity contribution is -0.140. The number of aromatic nitrogens is 2. The fourth-order valence-corrected chi connectivity index (χ4v) is 1.63. The van der Waals surface area contributed by atoms with Crippen molar-refractivity contribution in [3.8, 4) is 0 Å². The van der Waals surface area contributed by atoms with Crippen LogP contribution in [0, 0.1) is 0 Å². The van der Waals surface area contributed by atoms with Crippen LogP contribution in [0.5, 0.6) is 0 Å². The van der Waals surface area contributed by atoms with Gasteiger partial charge in [0, 0.05) is 6.20 Å². The zero-order chi connectivity index (χ0) is 9.47. The molecule has 1 aliphatic carbocycles. The van der Waals surface area contributed by atoms with Crippen molar-refractivity contribution in [1.29, 1.82) is 0 Å². The number of halogens is 1. The molecule has 0 spiro atoms. The molecule has 0 atom stereocenters. The molecule has 0 aliphatic heterocycles. The summed E-state index contributed by atoms with van der Waals surface area (Å²) in [4.78, 5) is 18.5. The second-order valence-electron chi connectivity index (χ2n) is 3.11. The van der Waals surface area contributed by atoms with Crippen molar-refractivity contribution in [3.63, 3.8) is 0 Å². The summed E-state index contributed by atoms with van der Waals surface area (Å²) in [6.07, 6.45) is 3.97. The molecule has 1 aliphatic rings. The van der Waals surface area contributed by atoms with E-state index in [9.17, 15) is 4.79 Å². The first kappa shape index (κ1) is 8.44. The molecule has 1 aromatic heterocycles. The normalized spacial score (nSPS) is 18.2. The van der Waals surface area contributed by atoms with Crippen molar-refractivity contribution in [2.75, 3.05) is 0 Å². The third-order valence-electron chi connectivity index (χ3n) is 2.28. The standard InChI is InChI=1S/C8H7ClN2O2/c9-5-3-10-4-11-6(5)8(1-2-8)7(12)13/h3-4H,1-2H2,(H,12,13). The number of hydrogen-bond acceptors (Lipinski definition) is 3. The first-order valence-electron chi connectivity index (χ1n) is 3.86. The van der Waals surface area contributed by atoms with E-state index in [-0.39, 0.29) is 0 Å². The van der Waals surface area contributed by atoms with Gasteiger partial charge in [0.25, 0.3) is 0 Å². The van der Waals surface area contributed by atoms with Gasteiger partial charge in [-0.25, -0.2) is 9.97 Å². The van der Waals surface area contributed by atoms with Gasteiger partial charge in [-0.3, -0.25) is 4.79 Å². The number of carboxylic acids is 1. The van der Waals surface area contributed by atoms with Crippen LogP contribution < -0.4 is 0 Å². The molecular weight excluding hydrogens is 192 g/mol. The lowest BCUT2D eigenvalue weighted by Gasteiger charge is -2.09. The van der Waals surface area contributed by atoms with E-state index >= 15 is 0 Å². The minimum absolute atomic E-state index is 0.336. The van der Waals surface area contributed by atoms with E-state index in [4.69, 9.17) is 16.7 Å². The van der Waals surface area contributed by atoms with Crippen LogP contribution in [-0.2, 0) is 10.2 Å². The molecule has 5 heteroatoms. The monoisotopic (exact) mass is 198 g/mol. The van der Waals surface area contributed by atoms with Gasteiger partial charge in [0.2, 0.25) is 0 Å². The second kappa shape index (κ2) is 2.67. The molecule has 1 heterocycles. The molecule has 68 valence electrons. The molecule has 0 bridgehead atoms. The van der Waals surface area contributed by atoms with Gasteiger partial charge in [0.05, 0.1) is 10.7 Å². The van der Waals surface area contributed by atoms with Crippen LogP contribution in [0.2, 0.25) is 5.02 Å². The third-order valence-corrected chi connectivity index (χ3v) is 2.56. The maximum Gasteiger partial charge on any atom is 0.315 e. The van der Waals surface area contributed by atoms with Crippen molar-refractivity contribution >= 4 is 17.6 Å². The Kier molecular flexibility index (Phi) is 1.73. The molecule has 0 amide bonds. The summed E-state index contributed by atoms with van der Waals surface area (Å²) in [5.41, 5.74) is -0.392. The highest BCUT2D eigenvalue weighted by atomic mass is 35.5. The molecule has 1 fully saturated rings. The van der Waals surface area contributed by atoms with Crippen LogP contribution in [0.25, 0.3) is 0 Å². The highest BCUT2D eigenvalue weighted by molar-refractivity contribution is 6.31. The Morgan fingerprint density at radius 3 is 2.77 bits per heavy atom. The number of aliphatic carboxylic acids is 1. The SMILES string of the molecule is O=C(O)C1(c2ncncc2Cl)CC1. The predicted molar refractivity (Wildman–Crippen MR) is 45.6 cm³/mol. The van der Waals surface area contributed by atoms with Gasteiger partial charge in [-0.1, -0.05) is 11.6 Å². The third kappa shape index (κ3) is 1.18. The minimum atomic E-state index is -0.854. The number of carbonyl (C=O) groups is 1. The van der Waals surface area contributed by atoms with Crippen molar-refractivity contribution in [1.82, 2.24) is 9.97 Å². The van der Waals surface area contributed by atoms with Gasteiger partial charge in [0.15, 0.2) is 0 Å². The molecule has 0 unspecified atom stereocenters. The maximum atomic E-state index is 10.9. The predicted octanol–water partition coefficient (Wildman–Crippen LogP) is 1.25. The zero-order valence-electron chi connectivity index (χ0n) is 6.70. The summed E-state index contributed by atoms with van der Waals surface area (Å²) in [6, 6.07) is 0. The minimum Gasteiger partial charge on any atom is -0.481 e. The first-order valence-corrected chi connectivity index (χ1v) is 4.24. The lowest BCUT2D eigenvalue weighted by atomic mass is 10.0. The Labute approximate surface area is 79.6 Å². The lowest BCUT2D eigenvalue weighted by Crippen LogP contribution is -2.21. The van der Waals surface area contributed by atoms with E-state index < -0.39 is 11.4 Å². The van der Waals surface area contributed by atoms with Crippen molar-refractivity contribution in [2.24, 2.45) is 0 Å². The molecule has 1 aromatic rings. The van der Waals surface area contributed by atoms with Gasteiger partial charge in [-0.05, 0) is 12.8 Å². The molecule has 0 radical (unpaired) electrons. The van der Waals surface area contributed by atoms with Gasteiger partial charge in [-0.15, -0.1) is 0 Å². The smallest absolute Gasteiger partial charge is 0.315 e. The molecule has 0 aromatic carbocycles. The van der Waals surface area contributed by atoms with E-state index in [1.54, 1.807) is 0 Å². The summed E-state index contributed by atoms with van der Waals surface area (Å²) in [7, 11) is 0. The quantitative estimate of drug-likeness (QED) is 0.777. The highest BCUT2D eigenvalue weighted by Gasteiger charge is 2.54. The topological polar surface area (TPSA) is 63.1 Å². The molecule has 1 saturated carbocycles. The van der Waals surface area contributed by atoms with E-state index in [1.807, 2.05) is 0 Å². The van der Waals surface area contributed by atoms with Crippen molar-refractivity contribution in [2.45, 2.75) is 18.3 Å². The molecule has 4 nitrogen and oxygen atoms in total. The van der Waals surface area contributed by atoms with Gasteiger partial charge in [0.1, 0.15) is 11.7 Å². The van der Waals surface area contributed by atoms with Crippen LogP contribution >= 0.6 is 11.6 Å². The average Bonchev–Trinajstić information content (AvgIpc) is 2.85. The summed E-state index contributed by atoms with van der Waals surface area (Å²) < 4.78 is 0. The van der Waals surface area contributed by atoms with Crippen LogP contribution in [0.3, 0.4) is 0 Å². The summed E-state index contributed by atoms with van der Waals surface area (Å²) in [5, 5.41) is 9.30. The first-order chi connectivity index (χ1) is 6.17. The Morgan fingerprint density at radius 1 is 1.62 bits per heavy atom. The molecule has 0 saturated heterocycles. The fourth-order valence-electron chi connectivity index (χ4n) is 1.34. The number of hydrogen-bond donors (Lipinski definition) is 1. The molecule has 2 rings (SSSR count). The van der Waals surface area contributed by atoms with Gasteiger partial charge >= 0.3 is 5.97 Å². The Bertz CT molecular complexity index is 363. The highest BCUT2D eigenvalue weighted by Crippen LogP contribution is 2.49. The number of nitrogens with zero attached hydrogens (tertiary/aromatic N) is 2. The van der Waals surface area contributed by atoms with Crippen LogP contribution in [0.4, 0.5) is 0 Å². The summed E-state index contributed by atoms with van der Waals surface area (Å²) >= 11 is 5.80. The largest absolute Gasteiger partial charge is 0.481 e. The second-order valence-corrected chi connectivity index (χ2v) is 3.51. The van der Waals surface area contributed by atoms with Crippen LogP contribution in [0.1, 0.15) is 18.5 Å². The molecular formula is C8H7ClN2O2. The van der Waals surface area contributed by atoms with Crippen molar-refractivity contribution < 1.29 is 9.90 Å². The van der Waals surface area contributed by atoms with Crippen LogP contribution in [0.15, 0.2) is 12.5 Å². The fraction of sp³-hybridized carbons (Fsp3) is 0.375. The zero-order valence-corrected chi connectivity index (χ0v) is 7.45. The number of carboxylic acid groups (broad SMARTS) is 1.